The van der Waals surface area contributed by atoms with Gasteiger partial charge in [-0.25, -0.2) is 4.39 Å². The van der Waals surface area contributed by atoms with Gasteiger partial charge in [-0.15, -0.1) is 0 Å². The zero-order valence-electron chi connectivity index (χ0n) is 18.0. The van der Waals surface area contributed by atoms with E-state index in [-0.39, 0.29) is 36.1 Å². The number of amides is 2. The highest BCUT2D eigenvalue weighted by atomic mass is 19.1. The minimum atomic E-state index is -0.531. The van der Waals surface area contributed by atoms with E-state index in [1.807, 2.05) is 17.0 Å². The Hall–Kier alpha value is -2.84. The number of nitrogens with one attached hydrogen (secondary N) is 1. The van der Waals surface area contributed by atoms with E-state index in [9.17, 15) is 19.1 Å². The molecule has 2 atom stereocenters. The monoisotopic (exact) mass is 440 g/mol. The van der Waals surface area contributed by atoms with Gasteiger partial charge in [-0.05, 0) is 48.6 Å². The number of halogens is 1. The number of β-amino-alcohol motifs (C(OH)–C–C–N with tert-alkyl or cyclic N) is 1. The number of rotatable bonds is 6. The van der Waals surface area contributed by atoms with E-state index in [0.29, 0.717) is 38.2 Å². The molecular formula is C24H29FN4O3. The van der Waals surface area contributed by atoms with Crippen LogP contribution in [0.3, 0.4) is 0 Å². The molecule has 0 radical (unpaired) electrons. The fourth-order valence-electron chi connectivity index (χ4n) is 4.69. The minimum absolute atomic E-state index is 0.0127. The van der Waals surface area contributed by atoms with Crippen LogP contribution in [0.5, 0.6) is 0 Å². The highest BCUT2D eigenvalue weighted by Crippen LogP contribution is 2.27. The number of hydrogen-bond acceptors (Lipinski definition) is 5. The number of carbonyl (C=O) groups excluding carboxylic acids is 2. The molecule has 8 heteroatoms. The number of hydrogen-bond donors (Lipinski definition) is 2. The summed E-state index contributed by atoms with van der Waals surface area (Å²) in [4.78, 5) is 33.4. The third kappa shape index (κ3) is 5.49. The first-order valence-electron chi connectivity index (χ1n) is 11.1. The van der Waals surface area contributed by atoms with E-state index in [1.165, 1.54) is 12.1 Å². The number of benzene rings is 1. The Bertz CT molecular complexity index is 934. The van der Waals surface area contributed by atoms with Crippen LogP contribution in [0, 0.1) is 5.82 Å². The molecule has 32 heavy (non-hydrogen) atoms. The normalized spacial score (nSPS) is 22.1. The van der Waals surface area contributed by atoms with Crippen molar-refractivity contribution in [2.75, 3.05) is 19.6 Å². The number of carbonyl (C=O) groups is 2. The van der Waals surface area contributed by atoms with Crippen LogP contribution in [0.25, 0.3) is 0 Å². The Balaban J connectivity index is 1.30. The molecule has 2 fully saturated rings. The SMILES string of the molecule is O=C(NCc1cccnc1)[C@@H]1C[C@@H](O)CN1C1CCN(C(=O)Cc2cccc(F)c2)CC1. The van der Waals surface area contributed by atoms with E-state index in [0.717, 1.165) is 18.4 Å². The molecule has 2 amide bonds. The fraction of sp³-hybridized carbons (Fsp3) is 0.458. The van der Waals surface area contributed by atoms with Crippen LogP contribution in [0.15, 0.2) is 48.8 Å². The lowest BCUT2D eigenvalue weighted by Crippen LogP contribution is -2.52. The Kier molecular flexibility index (Phi) is 7.12. The van der Waals surface area contributed by atoms with Gasteiger partial charge in [0.2, 0.25) is 11.8 Å². The largest absolute Gasteiger partial charge is 0.392 e. The van der Waals surface area contributed by atoms with E-state index < -0.39 is 6.10 Å². The summed E-state index contributed by atoms with van der Waals surface area (Å²) in [6, 6.07) is 9.64. The number of likely N-dealkylation sites (tertiary alicyclic amines) is 2. The fourth-order valence-corrected chi connectivity index (χ4v) is 4.69. The zero-order valence-corrected chi connectivity index (χ0v) is 18.0. The molecule has 2 aromatic rings. The van der Waals surface area contributed by atoms with Crippen LogP contribution in [0.4, 0.5) is 4.39 Å². The van der Waals surface area contributed by atoms with Gasteiger partial charge < -0.3 is 15.3 Å². The third-order valence-electron chi connectivity index (χ3n) is 6.34. The molecule has 0 aliphatic carbocycles. The predicted octanol–water partition coefficient (Wildman–Crippen LogP) is 1.51. The molecule has 170 valence electrons. The predicted molar refractivity (Wildman–Crippen MR) is 117 cm³/mol. The first-order valence-corrected chi connectivity index (χ1v) is 11.1. The Morgan fingerprint density at radius 1 is 1.16 bits per heavy atom. The maximum atomic E-state index is 13.4. The summed E-state index contributed by atoms with van der Waals surface area (Å²) in [6.07, 6.45) is 4.97. The van der Waals surface area contributed by atoms with Crippen molar-refractivity contribution in [3.63, 3.8) is 0 Å². The van der Waals surface area contributed by atoms with Crippen molar-refractivity contribution in [3.8, 4) is 0 Å². The molecule has 7 nitrogen and oxygen atoms in total. The standard InChI is InChI=1S/C24H29FN4O3/c25-19-5-1-3-17(11-19)12-23(31)28-9-6-20(7-10-28)29-16-21(30)13-22(29)24(32)27-15-18-4-2-8-26-14-18/h1-5,8,11,14,20-22,30H,6-7,9-10,12-13,15-16H2,(H,27,32)/t21-,22+/m1/s1. The average Bonchev–Trinajstić information content (AvgIpc) is 3.20. The van der Waals surface area contributed by atoms with E-state index in [2.05, 4.69) is 15.2 Å². The van der Waals surface area contributed by atoms with Crippen LogP contribution in [-0.2, 0) is 22.6 Å². The van der Waals surface area contributed by atoms with Crippen molar-refractivity contribution in [2.45, 2.75) is 50.4 Å². The van der Waals surface area contributed by atoms with Gasteiger partial charge in [0.25, 0.3) is 0 Å². The van der Waals surface area contributed by atoms with Gasteiger partial charge in [0.05, 0.1) is 18.6 Å². The number of aromatic nitrogens is 1. The lowest BCUT2D eigenvalue weighted by atomic mass is 10.0. The number of piperidine rings is 1. The van der Waals surface area contributed by atoms with Gasteiger partial charge in [-0.1, -0.05) is 18.2 Å². The molecule has 0 spiro atoms. The Morgan fingerprint density at radius 2 is 1.94 bits per heavy atom. The number of aliphatic hydroxyl groups is 1. The second kappa shape index (κ2) is 10.2. The summed E-state index contributed by atoms with van der Waals surface area (Å²) in [5.74, 6) is -0.439. The van der Waals surface area contributed by atoms with Crippen molar-refractivity contribution in [1.29, 1.82) is 0 Å². The van der Waals surface area contributed by atoms with Crippen molar-refractivity contribution in [2.24, 2.45) is 0 Å². The van der Waals surface area contributed by atoms with Crippen molar-refractivity contribution < 1.29 is 19.1 Å². The molecule has 0 unspecified atom stereocenters. The number of pyridine rings is 1. The zero-order chi connectivity index (χ0) is 22.5. The van der Waals surface area contributed by atoms with Crippen LogP contribution in [0.2, 0.25) is 0 Å². The van der Waals surface area contributed by atoms with Crippen molar-refractivity contribution in [1.82, 2.24) is 20.1 Å². The molecule has 1 aromatic carbocycles. The number of aliphatic hydroxyl groups excluding tert-OH is 1. The van der Waals surface area contributed by atoms with Gasteiger partial charge in [-0.3, -0.25) is 19.5 Å². The summed E-state index contributed by atoms with van der Waals surface area (Å²) < 4.78 is 13.4. The molecule has 2 N–H and O–H groups in total. The van der Waals surface area contributed by atoms with Gasteiger partial charge in [-0.2, -0.15) is 0 Å². The quantitative estimate of drug-likeness (QED) is 0.711. The maximum Gasteiger partial charge on any atom is 0.237 e. The second-order valence-corrected chi connectivity index (χ2v) is 8.60. The van der Waals surface area contributed by atoms with Gasteiger partial charge >= 0.3 is 0 Å². The molecular weight excluding hydrogens is 411 g/mol. The van der Waals surface area contributed by atoms with Crippen LogP contribution >= 0.6 is 0 Å². The molecule has 2 saturated heterocycles. The average molecular weight is 441 g/mol. The summed E-state index contributed by atoms with van der Waals surface area (Å²) >= 11 is 0. The summed E-state index contributed by atoms with van der Waals surface area (Å²) in [6.45, 7) is 2.05. The van der Waals surface area contributed by atoms with Crippen molar-refractivity contribution in [3.05, 3.63) is 65.7 Å². The van der Waals surface area contributed by atoms with Crippen LogP contribution in [-0.4, -0.2) is 69.5 Å². The van der Waals surface area contributed by atoms with Crippen LogP contribution in [0.1, 0.15) is 30.4 Å². The molecule has 4 rings (SSSR count). The minimum Gasteiger partial charge on any atom is -0.392 e. The second-order valence-electron chi connectivity index (χ2n) is 8.60. The highest BCUT2D eigenvalue weighted by Gasteiger charge is 2.40. The molecule has 3 heterocycles. The summed E-state index contributed by atoms with van der Waals surface area (Å²) in [5.41, 5.74) is 1.60. The van der Waals surface area contributed by atoms with Crippen molar-refractivity contribution >= 4 is 11.8 Å². The molecule has 2 aliphatic heterocycles. The smallest absolute Gasteiger partial charge is 0.237 e. The topological polar surface area (TPSA) is 85.8 Å². The molecule has 0 saturated carbocycles. The molecule has 2 aliphatic rings. The van der Waals surface area contributed by atoms with Gasteiger partial charge in [0.1, 0.15) is 5.82 Å². The highest BCUT2D eigenvalue weighted by molar-refractivity contribution is 5.82. The summed E-state index contributed by atoms with van der Waals surface area (Å²) in [5, 5.41) is 13.2. The first-order chi connectivity index (χ1) is 15.5. The van der Waals surface area contributed by atoms with E-state index in [1.54, 1.807) is 24.5 Å². The summed E-state index contributed by atoms with van der Waals surface area (Å²) in [7, 11) is 0. The molecule has 1 aromatic heterocycles. The lowest BCUT2D eigenvalue weighted by molar-refractivity contribution is -0.133. The first kappa shape index (κ1) is 22.4. The Morgan fingerprint density at radius 3 is 2.66 bits per heavy atom. The van der Waals surface area contributed by atoms with Gasteiger partial charge in [0.15, 0.2) is 0 Å². The lowest BCUT2D eigenvalue weighted by Gasteiger charge is -2.39. The van der Waals surface area contributed by atoms with E-state index in [4.69, 9.17) is 0 Å². The number of nitrogens with zero attached hydrogens (tertiary/aromatic N) is 3. The van der Waals surface area contributed by atoms with E-state index >= 15 is 0 Å². The van der Waals surface area contributed by atoms with Crippen LogP contribution < -0.4 is 5.32 Å². The van der Waals surface area contributed by atoms with Gasteiger partial charge in [0, 0.05) is 44.6 Å². The third-order valence-corrected chi connectivity index (χ3v) is 6.34. The Labute approximate surface area is 187 Å². The molecule has 0 bridgehead atoms. The maximum absolute atomic E-state index is 13.4.